The average molecular weight is 673 g/mol. The summed E-state index contributed by atoms with van der Waals surface area (Å²) in [5, 5.41) is 53.3. The molecule has 0 bridgehead atoms. The molecule has 0 saturated heterocycles. The van der Waals surface area contributed by atoms with Gasteiger partial charge in [0.1, 0.15) is 0 Å². The van der Waals surface area contributed by atoms with Gasteiger partial charge in [-0.3, -0.25) is 0 Å². The minimum atomic E-state index is -1.08. The molecule has 167 valence electrons. The average Bonchev–Trinajstić information content (AvgIpc) is 2.08. The quantitative estimate of drug-likeness (QED) is 0.217. The van der Waals surface area contributed by atoms with Gasteiger partial charge in [0.25, 0.3) is 0 Å². The van der Waals surface area contributed by atoms with E-state index >= 15 is 0 Å². The smallest absolute Gasteiger partial charge is 2.00 e. The molecular weight excluding hydrogens is 655 g/mol. The van der Waals surface area contributed by atoms with E-state index < -0.39 is 35.8 Å². The van der Waals surface area contributed by atoms with Crippen LogP contribution in [0.25, 0.3) is 0 Å². The molecule has 0 aliphatic carbocycles. The maximum absolute atomic E-state index is 8.89. The number of carbonyl (C=O) groups excluding carboxylic acids is 6. The summed E-state index contributed by atoms with van der Waals surface area (Å²) in [6, 6.07) is 0. The Bertz CT molecular complexity index is 270. The fourth-order valence-electron chi connectivity index (χ4n) is 0. The molecule has 0 aromatic rings. The van der Waals surface area contributed by atoms with Gasteiger partial charge in [-0.25, -0.2) is 0 Å². The molecule has 0 heterocycles. The van der Waals surface area contributed by atoms with Crippen LogP contribution in [-0.4, -0.2) is 35.8 Å². The first-order chi connectivity index (χ1) is 10.4. The van der Waals surface area contributed by atoms with Crippen LogP contribution >= 0.6 is 0 Å². The third-order valence-corrected chi connectivity index (χ3v) is 0. The molecule has 13 nitrogen and oxygen atoms in total. The summed E-state index contributed by atoms with van der Waals surface area (Å²) in [6.07, 6.45) is 0. The second-order valence-electron chi connectivity index (χ2n) is 2.95. The number of carbonyl (C=O) groups is 6. The van der Waals surface area contributed by atoms with E-state index in [0.717, 1.165) is 41.5 Å². The molecule has 0 amide bonds. The minimum absolute atomic E-state index is 0. The van der Waals surface area contributed by atoms with Crippen molar-refractivity contribution in [1.29, 1.82) is 0 Å². The molecule has 3 radical (unpaired) electrons. The Morgan fingerprint density at radius 3 is 0.357 bits per heavy atom. The van der Waals surface area contributed by atoms with E-state index in [4.69, 9.17) is 59.4 Å². The normalized spacial score (nSPS) is 5.36. The predicted molar refractivity (Wildman–Crippen MR) is 64.8 cm³/mol. The van der Waals surface area contributed by atoms with E-state index in [9.17, 15) is 0 Å². The van der Waals surface area contributed by atoms with Crippen LogP contribution in [0.5, 0.6) is 0 Å². The molecule has 0 rings (SSSR count). The van der Waals surface area contributed by atoms with E-state index in [2.05, 4.69) is 0 Å². The molecule has 0 aromatic carbocycles. The Hall–Kier alpha value is -1.35. The van der Waals surface area contributed by atoms with Crippen LogP contribution < -0.4 is 30.6 Å². The zero-order chi connectivity index (χ0) is 21.5. The Kier molecular flexibility index (Phi) is 127. The van der Waals surface area contributed by atoms with Gasteiger partial charge in [0, 0.05) is 35.8 Å². The Morgan fingerprint density at radius 1 is 0.357 bits per heavy atom. The maximum Gasteiger partial charge on any atom is 3.00 e. The van der Waals surface area contributed by atoms with Crippen molar-refractivity contribution < 1.29 is 123 Å². The zero-order valence-corrected chi connectivity index (χ0v) is 20.6. The Balaban J connectivity index is -0.0000000169. The number of aliphatic carboxylic acids is 6. The van der Waals surface area contributed by atoms with Gasteiger partial charge in [-0.1, -0.05) is 0 Å². The fourth-order valence-corrected chi connectivity index (χ4v) is 0. The van der Waals surface area contributed by atoms with Crippen LogP contribution in [0.1, 0.15) is 41.5 Å². The van der Waals surface area contributed by atoms with Crippen LogP contribution in [-0.2, 0) is 92.7 Å². The van der Waals surface area contributed by atoms with Crippen LogP contribution in [0.15, 0.2) is 0 Å². The predicted octanol–water partition coefficient (Wildman–Crippen LogP) is -7.59. The third kappa shape index (κ3) is 7570. The zero-order valence-electron chi connectivity index (χ0n) is 15.4. The summed E-state index contributed by atoms with van der Waals surface area (Å²) < 4.78 is 0. The van der Waals surface area contributed by atoms with E-state index in [-0.39, 0.29) is 63.9 Å². The molecule has 0 aliphatic heterocycles. The first-order valence-corrected chi connectivity index (χ1v) is 5.45. The first-order valence-electron chi connectivity index (χ1n) is 5.45. The van der Waals surface area contributed by atoms with Gasteiger partial charge >= 0.3 is 58.4 Å². The SMILES string of the molecule is CC(=O)[O-].CC(=O)[O-].CC(=O)[O-].CC(=O)[O-].CC(=O)[O-].CC(=O)[O-].[O-2].[Ru+3].[Ru+3].[Ru+3]. The number of carboxylic acids is 6. The van der Waals surface area contributed by atoms with Gasteiger partial charge in [0.15, 0.2) is 0 Å². The van der Waals surface area contributed by atoms with Crippen molar-refractivity contribution >= 4 is 35.8 Å². The molecule has 28 heavy (non-hydrogen) atoms. The standard InChI is InChI=1S/6C2H4O2.O.3Ru/c6*1-2(3)4;;;;/h6*1H3,(H,3,4);;;;/q;;;;;;-2;3*+3/p-6. The van der Waals surface area contributed by atoms with E-state index in [1.807, 2.05) is 0 Å². The molecule has 0 aromatic heterocycles. The van der Waals surface area contributed by atoms with Crippen molar-refractivity contribution in [3.63, 3.8) is 0 Å². The second kappa shape index (κ2) is 56.2. The van der Waals surface area contributed by atoms with Gasteiger partial charge in [0.2, 0.25) is 0 Å². The van der Waals surface area contributed by atoms with Gasteiger partial charge in [-0.2, -0.15) is 0 Å². The molecule has 0 N–H and O–H groups in total. The largest absolute Gasteiger partial charge is 3.00 e. The van der Waals surface area contributed by atoms with E-state index in [1.165, 1.54) is 0 Å². The molecule has 0 unspecified atom stereocenters. The summed E-state index contributed by atoms with van der Waals surface area (Å²) in [6.45, 7) is 5.83. The summed E-state index contributed by atoms with van der Waals surface area (Å²) in [5.41, 5.74) is 0. The van der Waals surface area contributed by atoms with Gasteiger partial charge in [-0.15, -0.1) is 0 Å². The Labute approximate surface area is 200 Å². The van der Waals surface area contributed by atoms with E-state index in [0.29, 0.717) is 0 Å². The monoisotopic (exact) mass is 676 g/mol. The van der Waals surface area contributed by atoms with Crippen molar-refractivity contribution in [2.45, 2.75) is 41.5 Å². The van der Waals surface area contributed by atoms with Crippen LogP contribution in [0, 0.1) is 0 Å². The number of hydrogen-bond donors (Lipinski definition) is 0. The van der Waals surface area contributed by atoms with Crippen molar-refractivity contribution in [3.8, 4) is 0 Å². The maximum atomic E-state index is 8.89. The third-order valence-electron chi connectivity index (χ3n) is 0. The molecule has 0 fully saturated rings. The Morgan fingerprint density at radius 2 is 0.357 bits per heavy atom. The first kappa shape index (κ1) is 63.2. The molecule has 0 atom stereocenters. The van der Waals surface area contributed by atoms with Gasteiger partial charge < -0.3 is 64.9 Å². The minimum Gasteiger partial charge on any atom is -2.00 e. The molecular formula is C12H18O13Ru3+. The fraction of sp³-hybridized carbons (Fsp3) is 0.500. The van der Waals surface area contributed by atoms with E-state index in [1.54, 1.807) is 0 Å². The van der Waals surface area contributed by atoms with Crippen LogP contribution in [0.3, 0.4) is 0 Å². The molecule has 0 saturated carbocycles. The summed E-state index contributed by atoms with van der Waals surface area (Å²) in [7, 11) is 0. The number of hydrogen-bond acceptors (Lipinski definition) is 12. The van der Waals surface area contributed by atoms with Crippen molar-refractivity contribution in [2.24, 2.45) is 0 Å². The molecule has 16 heteroatoms. The van der Waals surface area contributed by atoms with Crippen molar-refractivity contribution in [2.75, 3.05) is 0 Å². The number of carboxylic acid groups (broad SMARTS) is 6. The van der Waals surface area contributed by atoms with Gasteiger partial charge in [0.05, 0.1) is 0 Å². The topological polar surface area (TPSA) is 269 Å². The summed E-state index contributed by atoms with van der Waals surface area (Å²) >= 11 is 0. The molecule has 0 spiro atoms. The molecule has 0 aliphatic rings. The van der Waals surface area contributed by atoms with Crippen molar-refractivity contribution in [1.82, 2.24) is 0 Å². The summed E-state index contributed by atoms with van der Waals surface area (Å²) in [4.78, 5) is 53.3. The van der Waals surface area contributed by atoms with Crippen LogP contribution in [0.4, 0.5) is 0 Å². The van der Waals surface area contributed by atoms with Crippen LogP contribution in [0.2, 0.25) is 0 Å². The van der Waals surface area contributed by atoms with Gasteiger partial charge in [-0.05, 0) is 41.5 Å². The second-order valence-corrected chi connectivity index (χ2v) is 2.95. The number of rotatable bonds is 0. The summed E-state index contributed by atoms with van der Waals surface area (Å²) in [5.74, 6) is -6.50. The van der Waals surface area contributed by atoms with Crippen molar-refractivity contribution in [3.05, 3.63) is 0 Å².